The maximum absolute atomic E-state index is 5.68. The number of hydrogen-bond acceptors (Lipinski definition) is 3. The van der Waals surface area contributed by atoms with E-state index in [1.165, 1.54) is 12.8 Å². The maximum Gasteiger partial charge on any atom is 0.101 e. The lowest BCUT2D eigenvalue weighted by atomic mass is 10.1. The minimum Gasteiger partial charge on any atom is -0.344 e. The first kappa shape index (κ1) is 10.2. The fourth-order valence-corrected chi connectivity index (χ4v) is 1.78. The van der Waals surface area contributed by atoms with Gasteiger partial charge in [0.25, 0.3) is 0 Å². The molecule has 2 rings (SSSR count). The Morgan fingerprint density at radius 2 is 2.13 bits per heavy atom. The Morgan fingerprint density at radius 3 is 2.87 bits per heavy atom. The van der Waals surface area contributed by atoms with Gasteiger partial charge in [0.05, 0.1) is 0 Å². The van der Waals surface area contributed by atoms with Crippen molar-refractivity contribution in [3.05, 3.63) is 29.8 Å². The van der Waals surface area contributed by atoms with Crippen molar-refractivity contribution in [2.75, 3.05) is 11.9 Å². The van der Waals surface area contributed by atoms with E-state index in [4.69, 9.17) is 5.73 Å². The highest BCUT2D eigenvalue weighted by molar-refractivity contribution is 5.96. The highest BCUT2D eigenvalue weighted by Crippen LogP contribution is 2.16. The Bertz CT molecular complexity index is 358. The van der Waals surface area contributed by atoms with Gasteiger partial charge in [0.2, 0.25) is 0 Å². The summed E-state index contributed by atoms with van der Waals surface area (Å²) in [6, 6.07) is 8.13. The number of anilines is 1. The number of aliphatic imine (C=N–C) groups is 1. The van der Waals surface area contributed by atoms with E-state index < -0.39 is 0 Å². The second kappa shape index (κ2) is 4.94. The predicted octanol–water partition coefficient (Wildman–Crippen LogP) is 2.14. The monoisotopic (exact) mass is 203 g/mol. The SMILES string of the molecule is NCc1ccccc1NC1=NCCCC1. The highest BCUT2D eigenvalue weighted by Gasteiger charge is 2.06. The molecule has 0 aliphatic carbocycles. The van der Waals surface area contributed by atoms with Gasteiger partial charge in [-0.05, 0) is 24.5 Å². The van der Waals surface area contributed by atoms with Crippen molar-refractivity contribution < 1.29 is 0 Å². The number of nitrogens with one attached hydrogen (secondary N) is 1. The van der Waals surface area contributed by atoms with Crippen molar-refractivity contribution in [2.24, 2.45) is 10.7 Å². The van der Waals surface area contributed by atoms with Gasteiger partial charge >= 0.3 is 0 Å². The van der Waals surface area contributed by atoms with Gasteiger partial charge in [-0.15, -0.1) is 0 Å². The van der Waals surface area contributed by atoms with E-state index in [1.54, 1.807) is 0 Å². The van der Waals surface area contributed by atoms with Crippen LogP contribution in [0.5, 0.6) is 0 Å². The molecule has 3 N–H and O–H groups in total. The van der Waals surface area contributed by atoms with E-state index in [0.717, 1.165) is 30.1 Å². The fourth-order valence-electron chi connectivity index (χ4n) is 1.78. The first-order valence-corrected chi connectivity index (χ1v) is 5.48. The minimum atomic E-state index is 0.566. The van der Waals surface area contributed by atoms with Crippen molar-refractivity contribution in [1.29, 1.82) is 0 Å². The zero-order valence-corrected chi connectivity index (χ0v) is 8.87. The average Bonchev–Trinajstić information content (AvgIpc) is 2.31. The third-order valence-corrected chi connectivity index (χ3v) is 2.64. The summed E-state index contributed by atoms with van der Waals surface area (Å²) in [5.74, 6) is 1.10. The van der Waals surface area contributed by atoms with Crippen LogP contribution in [0.3, 0.4) is 0 Å². The van der Waals surface area contributed by atoms with Crippen molar-refractivity contribution in [3.63, 3.8) is 0 Å². The van der Waals surface area contributed by atoms with Crippen molar-refractivity contribution in [2.45, 2.75) is 25.8 Å². The molecule has 0 radical (unpaired) electrons. The van der Waals surface area contributed by atoms with Gasteiger partial charge in [0.15, 0.2) is 0 Å². The first-order chi connectivity index (χ1) is 7.40. The highest BCUT2D eigenvalue weighted by atomic mass is 15.0. The molecule has 0 saturated carbocycles. The summed E-state index contributed by atoms with van der Waals surface area (Å²) in [7, 11) is 0. The molecule has 3 nitrogen and oxygen atoms in total. The average molecular weight is 203 g/mol. The number of para-hydroxylation sites is 1. The Hall–Kier alpha value is -1.35. The summed E-state index contributed by atoms with van der Waals surface area (Å²) < 4.78 is 0. The molecule has 0 atom stereocenters. The van der Waals surface area contributed by atoms with Crippen LogP contribution in [0.2, 0.25) is 0 Å². The topological polar surface area (TPSA) is 50.4 Å². The number of amidine groups is 1. The van der Waals surface area contributed by atoms with Crippen molar-refractivity contribution in [3.8, 4) is 0 Å². The normalized spacial score (nSPS) is 15.9. The summed E-state index contributed by atoms with van der Waals surface area (Å²) in [6.07, 6.45) is 3.50. The van der Waals surface area contributed by atoms with Crippen LogP contribution in [0.4, 0.5) is 5.69 Å². The second-order valence-corrected chi connectivity index (χ2v) is 3.77. The quantitative estimate of drug-likeness (QED) is 0.773. The third kappa shape index (κ3) is 2.57. The maximum atomic E-state index is 5.68. The van der Waals surface area contributed by atoms with Gasteiger partial charge in [0, 0.05) is 25.2 Å². The molecule has 0 saturated heterocycles. The van der Waals surface area contributed by atoms with Crippen LogP contribution in [0.15, 0.2) is 29.3 Å². The molecule has 1 aromatic rings. The van der Waals surface area contributed by atoms with Crippen LogP contribution < -0.4 is 11.1 Å². The van der Waals surface area contributed by atoms with Gasteiger partial charge in [-0.25, -0.2) is 0 Å². The number of nitrogens with zero attached hydrogens (tertiary/aromatic N) is 1. The molecule has 1 heterocycles. The second-order valence-electron chi connectivity index (χ2n) is 3.77. The molecule has 0 bridgehead atoms. The van der Waals surface area contributed by atoms with E-state index in [-0.39, 0.29) is 0 Å². The fraction of sp³-hybridized carbons (Fsp3) is 0.417. The molecule has 80 valence electrons. The van der Waals surface area contributed by atoms with E-state index >= 15 is 0 Å². The first-order valence-electron chi connectivity index (χ1n) is 5.48. The molecule has 0 amide bonds. The van der Waals surface area contributed by atoms with Gasteiger partial charge in [-0.1, -0.05) is 18.2 Å². The lowest BCUT2D eigenvalue weighted by Crippen LogP contribution is -2.17. The van der Waals surface area contributed by atoms with Crippen LogP contribution in [-0.4, -0.2) is 12.4 Å². The van der Waals surface area contributed by atoms with Gasteiger partial charge in [-0.3, -0.25) is 4.99 Å². The zero-order valence-electron chi connectivity index (χ0n) is 8.87. The zero-order chi connectivity index (χ0) is 10.5. The standard InChI is InChI=1S/C12H17N3/c13-9-10-5-1-2-6-11(10)15-12-7-3-4-8-14-12/h1-2,5-6H,3-4,7-9,13H2,(H,14,15). The Balaban J connectivity index is 2.12. The largest absolute Gasteiger partial charge is 0.344 e. The molecule has 1 aromatic carbocycles. The van der Waals surface area contributed by atoms with Gasteiger partial charge in [0.1, 0.15) is 5.84 Å². The Kier molecular flexibility index (Phi) is 3.35. The summed E-state index contributed by atoms with van der Waals surface area (Å²) >= 11 is 0. The Morgan fingerprint density at radius 1 is 1.27 bits per heavy atom. The molecule has 0 aromatic heterocycles. The van der Waals surface area contributed by atoms with E-state index in [1.807, 2.05) is 18.2 Å². The Labute approximate surface area is 90.4 Å². The van der Waals surface area contributed by atoms with E-state index in [9.17, 15) is 0 Å². The minimum absolute atomic E-state index is 0.566. The number of rotatable bonds is 2. The van der Waals surface area contributed by atoms with Crippen LogP contribution in [0.25, 0.3) is 0 Å². The molecular formula is C12H17N3. The van der Waals surface area contributed by atoms with Gasteiger partial charge in [-0.2, -0.15) is 0 Å². The lowest BCUT2D eigenvalue weighted by molar-refractivity contribution is 0.737. The van der Waals surface area contributed by atoms with Crippen molar-refractivity contribution >= 4 is 11.5 Å². The van der Waals surface area contributed by atoms with Crippen LogP contribution in [0.1, 0.15) is 24.8 Å². The lowest BCUT2D eigenvalue weighted by Gasteiger charge is -2.15. The molecule has 1 aliphatic heterocycles. The number of nitrogens with two attached hydrogens (primary N) is 1. The molecule has 0 spiro atoms. The summed E-state index contributed by atoms with van der Waals surface area (Å²) in [5.41, 5.74) is 7.92. The molecule has 3 heteroatoms. The molecule has 1 aliphatic rings. The van der Waals surface area contributed by atoms with E-state index in [0.29, 0.717) is 6.54 Å². The number of benzene rings is 1. The third-order valence-electron chi connectivity index (χ3n) is 2.64. The van der Waals surface area contributed by atoms with Gasteiger partial charge < -0.3 is 11.1 Å². The smallest absolute Gasteiger partial charge is 0.101 e. The van der Waals surface area contributed by atoms with Crippen molar-refractivity contribution in [1.82, 2.24) is 0 Å². The molecular weight excluding hydrogens is 186 g/mol. The van der Waals surface area contributed by atoms with Crippen LogP contribution in [0, 0.1) is 0 Å². The van der Waals surface area contributed by atoms with Crippen LogP contribution in [-0.2, 0) is 6.54 Å². The molecule has 15 heavy (non-hydrogen) atoms. The summed E-state index contributed by atoms with van der Waals surface area (Å²) in [4.78, 5) is 4.46. The molecule has 0 unspecified atom stereocenters. The predicted molar refractivity (Wildman–Crippen MR) is 64.1 cm³/mol. The number of hydrogen-bond donors (Lipinski definition) is 2. The van der Waals surface area contributed by atoms with E-state index in [2.05, 4.69) is 16.4 Å². The van der Waals surface area contributed by atoms with Crippen LogP contribution >= 0.6 is 0 Å². The molecule has 0 fully saturated rings. The summed E-state index contributed by atoms with van der Waals surface area (Å²) in [6.45, 7) is 1.52. The summed E-state index contributed by atoms with van der Waals surface area (Å²) in [5, 5.41) is 3.37.